The molecule has 1 saturated carbocycles. The molecule has 1 amide bonds. The molecule has 0 N–H and O–H groups in total. The Balaban J connectivity index is 1.39. The molecule has 32 heavy (non-hydrogen) atoms. The number of rotatable bonds is 2. The van der Waals surface area contributed by atoms with E-state index in [-0.39, 0.29) is 24.0 Å². The van der Waals surface area contributed by atoms with Crippen molar-refractivity contribution < 1.29 is 19.0 Å². The van der Waals surface area contributed by atoms with E-state index in [1.54, 1.807) is 0 Å². The zero-order valence-corrected chi connectivity index (χ0v) is 18.1. The first kappa shape index (κ1) is 18.1. The Morgan fingerprint density at radius 2 is 2.00 bits per heavy atom. The van der Waals surface area contributed by atoms with Crippen LogP contribution >= 0.6 is 0 Å². The van der Waals surface area contributed by atoms with E-state index < -0.39 is 17.4 Å². The van der Waals surface area contributed by atoms with Gasteiger partial charge in [0, 0.05) is 37.0 Å². The molecule has 2 aromatic carbocycles. The molecule has 4 aliphatic heterocycles. The Morgan fingerprint density at radius 1 is 1.12 bits per heavy atom. The van der Waals surface area contributed by atoms with Gasteiger partial charge < -0.3 is 24.0 Å². The molecule has 6 atom stereocenters. The van der Waals surface area contributed by atoms with Crippen LogP contribution < -0.4 is 4.74 Å². The summed E-state index contributed by atoms with van der Waals surface area (Å²) >= 11 is 0. The highest BCUT2D eigenvalue weighted by atomic mass is 16.7. The Morgan fingerprint density at radius 3 is 2.88 bits per heavy atom. The average Bonchev–Trinajstić information content (AvgIpc) is 3.39. The summed E-state index contributed by atoms with van der Waals surface area (Å²) in [6, 6.07) is 16.7. The van der Waals surface area contributed by atoms with Crippen LogP contribution in [-0.2, 0) is 32.6 Å². The first-order valence-corrected chi connectivity index (χ1v) is 11.7. The molecule has 6 nitrogen and oxygen atoms in total. The van der Waals surface area contributed by atoms with E-state index in [0.717, 1.165) is 30.8 Å². The molecule has 164 valence electrons. The number of hydrogen-bond acceptors (Lipinski definition) is 5. The third-order valence-electron chi connectivity index (χ3n) is 9.29. The number of hydrogen-bond donors (Lipinski definition) is 0. The van der Waals surface area contributed by atoms with Crippen LogP contribution in [0.3, 0.4) is 0 Å². The third-order valence-corrected chi connectivity index (χ3v) is 9.29. The van der Waals surface area contributed by atoms with Crippen molar-refractivity contribution in [3.05, 3.63) is 65.2 Å². The normalized spacial score (nSPS) is 42.6. The van der Waals surface area contributed by atoms with E-state index in [1.807, 2.05) is 23.1 Å². The number of likely N-dealkylation sites (tertiary alicyclic amines) is 2. The van der Waals surface area contributed by atoms with Gasteiger partial charge in [-0.3, -0.25) is 4.79 Å². The van der Waals surface area contributed by atoms with Crippen molar-refractivity contribution in [2.45, 2.75) is 42.2 Å². The van der Waals surface area contributed by atoms with Crippen LogP contribution in [0.2, 0.25) is 0 Å². The van der Waals surface area contributed by atoms with Gasteiger partial charge in [-0.15, -0.1) is 0 Å². The van der Waals surface area contributed by atoms with Gasteiger partial charge in [0.15, 0.2) is 12.5 Å². The predicted molar refractivity (Wildman–Crippen MR) is 115 cm³/mol. The van der Waals surface area contributed by atoms with Gasteiger partial charge in [-0.25, -0.2) is 0 Å². The Kier molecular flexibility index (Phi) is 3.14. The van der Waals surface area contributed by atoms with E-state index in [4.69, 9.17) is 14.2 Å². The lowest BCUT2D eigenvalue weighted by atomic mass is 9.59. The van der Waals surface area contributed by atoms with Crippen molar-refractivity contribution in [2.24, 2.45) is 11.8 Å². The highest BCUT2D eigenvalue weighted by Gasteiger charge is 2.88. The van der Waals surface area contributed by atoms with Gasteiger partial charge in [0.2, 0.25) is 0 Å². The molecular weight excluding hydrogens is 404 g/mol. The highest BCUT2D eigenvalue weighted by Crippen LogP contribution is 2.77. The zero-order chi connectivity index (χ0) is 21.3. The summed E-state index contributed by atoms with van der Waals surface area (Å²) in [6.45, 7) is 2.52. The van der Waals surface area contributed by atoms with E-state index >= 15 is 0 Å². The van der Waals surface area contributed by atoms with Crippen molar-refractivity contribution in [1.29, 1.82) is 0 Å². The number of likely N-dealkylation sites (N-methyl/N-ethyl adjacent to an activating group) is 1. The lowest BCUT2D eigenvalue weighted by molar-refractivity contribution is -0.215. The third kappa shape index (κ3) is 1.75. The van der Waals surface area contributed by atoms with Gasteiger partial charge in [-0.2, -0.15) is 0 Å². The second-order valence-electron chi connectivity index (χ2n) is 10.6. The summed E-state index contributed by atoms with van der Waals surface area (Å²) in [5.74, 6) is 1.39. The molecule has 2 aliphatic carbocycles. The number of carbonyl (C=O) groups excluding carboxylic acids is 1. The van der Waals surface area contributed by atoms with Gasteiger partial charge in [-0.05, 0) is 36.6 Å². The summed E-state index contributed by atoms with van der Waals surface area (Å²) in [5, 5.41) is 0. The summed E-state index contributed by atoms with van der Waals surface area (Å²) < 4.78 is 19.8. The maximum absolute atomic E-state index is 13.9. The molecule has 5 unspecified atom stereocenters. The van der Waals surface area contributed by atoms with E-state index in [0.29, 0.717) is 18.9 Å². The molecule has 4 bridgehead atoms. The standard InChI is InChI=1S/C26H26N2O4/c1-27-12-18-10-17-8-5-9-19-20(17)26(18)22-21-23(29)28(11-16-6-3-2-4-7-16)25(22,31-15-30-19)13-24(26,14-27)32-21/h2-9,18,21-22H,10-15H2,1H3/t18?,21-,22?,24?,25?,26?/m0/s1. The van der Waals surface area contributed by atoms with E-state index in [2.05, 4.69) is 42.3 Å². The molecule has 0 radical (unpaired) electrons. The average molecular weight is 431 g/mol. The Hall–Kier alpha value is -2.41. The second-order valence-corrected chi connectivity index (χ2v) is 10.6. The molecule has 2 aromatic rings. The van der Waals surface area contributed by atoms with Crippen LogP contribution in [0, 0.1) is 11.8 Å². The fourth-order valence-electron chi connectivity index (χ4n) is 8.70. The largest absolute Gasteiger partial charge is 0.467 e. The second kappa shape index (κ2) is 5.56. The van der Waals surface area contributed by atoms with Crippen molar-refractivity contribution >= 4 is 5.91 Å². The molecule has 6 heteroatoms. The van der Waals surface area contributed by atoms with Crippen molar-refractivity contribution in [3.8, 4) is 5.75 Å². The number of nitrogens with zero attached hydrogens (tertiary/aromatic N) is 2. The van der Waals surface area contributed by atoms with Gasteiger partial charge in [0.05, 0.1) is 11.5 Å². The number of carbonyl (C=O) groups is 1. The van der Waals surface area contributed by atoms with Crippen LogP contribution in [0.1, 0.15) is 23.1 Å². The van der Waals surface area contributed by atoms with E-state index in [1.165, 1.54) is 11.1 Å². The van der Waals surface area contributed by atoms with E-state index in [9.17, 15) is 4.79 Å². The molecule has 0 aromatic heterocycles. The molecule has 6 aliphatic rings. The maximum Gasteiger partial charge on any atom is 0.254 e. The smallest absolute Gasteiger partial charge is 0.254 e. The first-order chi connectivity index (χ1) is 15.6. The molecule has 1 spiro atoms. The fourth-order valence-corrected chi connectivity index (χ4v) is 8.70. The lowest BCUT2D eigenvalue weighted by Gasteiger charge is -2.51. The van der Waals surface area contributed by atoms with Crippen LogP contribution in [0.25, 0.3) is 0 Å². The zero-order valence-electron chi connectivity index (χ0n) is 18.1. The van der Waals surface area contributed by atoms with Gasteiger partial charge in [0.25, 0.3) is 5.91 Å². The van der Waals surface area contributed by atoms with Crippen LogP contribution in [0.5, 0.6) is 5.75 Å². The summed E-state index contributed by atoms with van der Waals surface area (Å²) in [7, 11) is 2.19. The molecule has 3 saturated heterocycles. The molecule has 8 rings (SSSR count). The highest BCUT2D eigenvalue weighted by molar-refractivity contribution is 5.88. The van der Waals surface area contributed by atoms with Crippen LogP contribution in [0.15, 0.2) is 48.5 Å². The van der Waals surface area contributed by atoms with Crippen LogP contribution in [0.4, 0.5) is 0 Å². The first-order valence-electron chi connectivity index (χ1n) is 11.7. The van der Waals surface area contributed by atoms with Gasteiger partial charge in [0.1, 0.15) is 11.9 Å². The van der Waals surface area contributed by atoms with Crippen molar-refractivity contribution in [2.75, 3.05) is 26.9 Å². The number of benzene rings is 2. The molecule has 4 heterocycles. The van der Waals surface area contributed by atoms with Gasteiger partial charge >= 0.3 is 0 Å². The summed E-state index contributed by atoms with van der Waals surface area (Å²) in [5.41, 5.74) is 2.43. The SMILES string of the molecule is CN1CC2Cc3cccc4c3C23C2[C@@H]5OC3(C1)CC2(OCO4)N(Cc1ccccc1)C5=O. The van der Waals surface area contributed by atoms with Crippen molar-refractivity contribution in [3.63, 3.8) is 0 Å². The number of ether oxygens (including phenoxy) is 3. The lowest BCUT2D eigenvalue weighted by Crippen LogP contribution is -2.62. The fraction of sp³-hybridized carbons (Fsp3) is 0.500. The Bertz CT molecular complexity index is 1170. The number of piperidine rings is 1. The maximum atomic E-state index is 13.9. The predicted octanol–water partition coefficient (Wildman–Crippen LogP) is 2.30. The molecule has 4 fully saturated rings. The summed E-state index contributed by atoms with van der Waals surface area (Å²) in [6.07, 6.45) is 1.27. The quantitative estimate of drug-likeness (QED) is 0.732. The minimum absolute atomic E-state index is 0.00351. The minimum Gasteiger partial charge on any atom is -0.467 e. The topological polar surface area (TPSA) is 51.2 Å². The minimum atomic E-state index is -0.686. The van der Waals surface area contributed by atoms with Gasteiger partial charge in [-0.1, -0.05) is 42.5 Å². The molecular formula is C26H26N2O4. The van der Waals surface area contributed by atoms with Crippen molar-refractivity contribution in [1.82, 2.24) is 9.80 Å². The number of amides is 1. The summed E-state index contributed by atoms with van der Waals surface area (Å²) in [4.78, 5) is 18.3. The van der Waals surface area contributed by atoms with Crippen LogP contribution in [-0.4, -0.2) is 60.1 Å². The Labute approximate surface area is 187 Å². The monoisotopic (exact) mass is 430 g/mol.